The second kappa shape index (κ2) is 6.54. The van der Waals surface area contributed by atoms with E-state index in [0.717, 1.165) is 6.54 Å². The van der Waals surface area contributed by atoms with Crippen molar-refractivity contribution in [2.75, 3.05) is 14.1 Å². The topological polar surface area (TPSA) is 50.2 Å². The van der Waals surface area contributed by atoms with Crippen LogP contribution in [-0.2, 0) is 11.3 Å². The SMILES string of the molecule is CNC(=O)C[C@H](C)N(C)Cc1cncn1C(C)C. The molecule has 102 valence electrons. The lowest BCUT2D eigenvalue weighted by molar-refractivity contribution is -0.121. The van der Waals surface area contributed by atoms with Gasteiger partial charge in [0.1, 0.15) is 0 Å². The summed E-state index contributed by atoms with van der Waals surface area (Å²) in [6, 6.07) is 0.616. The summed E-state index contributed by atoms with van der Waals surface area (Å²) < 4.78 is 2.16. The zero-order valence-electron chi connectivity index (χ0n) is 12.0. The van der Waals surface area contributed by atoms with Crippen molar-refractivity contribution in [3.63, 3.8) is 0 Å². The van der Waals surface area contributed by atoms with Crippen LogP contribution >= 0.6 is 0 Å². The molecule has 1 atom stereocenters. The zero-order valence-corrected chi connectivity index (χ0v) is 12.0. The third-order valence-corrected chi connectivity index (χ3v) is 3.23. The van der Waals surface area contributed by atoms with Crippen molar-refractivity contribution in [2.24, 2.45) is 0 Å². The molecule has 5 nitrogen and oxygen atoms in total. The van der Waals surface area contributed by atoms with Crippen molar-refractivity contribution >= 4 is 5.91 Å². The second-order valence-electron chi connectivity index (χ2n) is 5.03. The van der Waals surface area contributed by atoms with Crippen molar-refractivity contribution < 1.29 is 4.79 Å². The average Bonchev–Trinajstić information content (AvgIpc) is 2.76. The van der Waals surface area contributed by atoms with Crippen molar-refractivity contribution in [3.05, 3.63) is 18.2 Å². The first-order chi connectivity index (χ1) is 8.45. The fourth-order valence-corrected chi connectivity index (χ4v) is 1.86. The van der Waals surface area contributed by atoms with E-state index in [-0.39, 0.29) is 11.9 Å². The molecule has 18 heavy (non-hydrogen) atoms. The van der Waals surface area contributed by atoms with Crippen molar-refractivity contribution in [3.8, 4) is 0 Å². The molecule has 1 rings (SSSR count). The molecule has 1 aromatic rings. The van der Waals surface area contributed by atoms with Crippen LogP contribution in [0.3, 0.4) is 0 Å². The van der Waals surface area contributed by atoms with Gasteiger partial charge in [-0.25, -0.2) is 4.98 Å². The van der Waals surface area contributed by atoms with E-state index < -0.39 is 0 Å². The summed E-state index contributed by atoms with van der Waals surface area (Å²) >= 11 is 0. The van der Waals surface area contributed by atoms with Crippen LogP contribution < -0.4 is 5.32 Å². The molecule has 0 saturated heterocycles. The van der Waals surface area contributed by atoms with Gasteiger partial charge in [-0.05, 0) is 27.8 Å². The lowest BCUT2D eigenvalue weighted by Gasteiger charge is -2.25. The molecule has 1 aromatic heterocycles. The highest BCUT2D eigenvalue weighted by Gasteiger charge is 2.15. The van der Waals surface area contributed by atoms with E-state index >= 15 is 0 Å². The quantitative estimate of drug-likeness (QED) is 0.833. The predicted molar refractivity (Wildman–Crippen MR) is 72.2 cm³/mol. The zero-order chi connectivity index (χ0) is 13.7. The Hall–Kier alpha value is -1.36. The summed E-state index contributed by atoms with van der Waals surface area (Å²) in [6.45, 7) is 7.14. The van der Waals surface area contributed by atoms with Gasteiger partial charge in [0.15, 0.2) is 0 Å². The Kier molecular flexibility index (Phi) is 5.34. The average molecular weight is 252 g/mol. The number of carbonyl (C=O) groups is 1. The number of nitrogens with zero attached hydrogens (tertiary/aromatic N) is 3. The van der Waals surface area contributed by atoms with E-state index in [0.29, 0.717) is 12.5 Å². The van der Waals surface area contributed by atoms with Gasteiger partial charge in [-0.2, -0.15) is 0 Å². The largest absolute Gasteiger partial charge is 0.359 e. The molecule has 0 aliphatic carbocycles. The minimum absolute atomic E-state index is 0.0757. The smallest absolute Gasteiger partial charge is 0.221 e. The van der Waals surface area contributed by atoms with Gasteiger partial charge in [-0.3, -0.25) is 9.69 Å². The minimum atomic E-state index is 0.0757. The molecular formula is C13H24N4O. The summed E-state index contributed by atoms with van der Waals surface area (Å²) in [5.74, 6) is 0.0757. The number of imidazole rings is 1. The first-order valence-corrected chi connectivity index (χ1v) is 6.37. The molecule has 0 fully saturated rings. The van der Waals surface area contributed by atoms with E-state index in [9.17, 15) is 4.79 Å². The van der Waals surface area contributed by atoms with Crippen LogP contribution in [0.15, 0.2) is 12.5 Å². The number of aromatic nitrogens is 2. The maximum absolute atomic E-state index is 11.3. The molecule has 0 radical (unpaired) electrons. The van der Waals surface area contributed by atoms with Crippen molar-refractivity contribution in [1.82, 2.24) is 19.8 Å². The van der Waals surface area contributed by atoms with Crippen LogP contribution in [0.1, 0.15) is 38.9 Å². The highest BCUT2D eigenvalue weighted by atomic mass is 16.1. The number of carbonyl (C=O) groups excluding carboxylic acids is 1. The van der Waals surface area contributed by atoms with Crippen LogP contribution in [0, 0.1) is 0 Å². The molecule has 0 bridgehead atoms. The molecule has 1 amide bonds. The Morgan fingerprint density at radius 1 is 1.50 bits per heavy atom. The third-order valence-electron chi connectivity index (χ3n) is 3.23. The molecule has 0 saturated carbocycles. The fraction of sp³-hybridized carbons (Fsp3) is 0.692. The number of rotatable bonds is 6. The number of hydrogen-bond donors (Lipinski definition) is 1. The van der Waals surface area contributed by atoms with Crippen molar-refractivity contribution in [2.45, 2.75) is 45.8 Å². The fourth-order valence-electron chi connectivity index (χ4n) is 1.86. The number of amides is 1. The highest BCUT2D eigenvalue weighted by Crippen LogP contribution is 2.12. The predicted octanol–water partition coefficient (Wildman–Crippen LogP) is 1.42. The number of hydrogen-bond acceptors (Lipinski definition) is 3. The molecule has 0 aromatic carbocycles. The molecule has 1 heterocycles. The van der Waals surface area contributed by atoms with Gasteiger partial charge in [-0.1, -0.05) is 0 Å². The summed E-state index contributed by atoms with van der Waals surface area (Å²) in [4.78, 5) is 17.7. The first-order valence-electron chi connectivity index (χ1n) is 6.37. The van der Waals surface area contributed by atoms with E-state index in [1.807, 2.05) is 19.6 Å². The Balaban J connectivity index is 2.60. The van der Waals surface area contributed by atoms with E-state index in [2.05, 4.69) is 40.5 Å². The molecular weight excluding hydrogens is 228 g/mol. The van der Waals surface area contributed by atoms with Gasteiger partial charge in [0.05, 0.1) is 12.0 Å². The van der Waals surface area contributed by atoms with Crippen LogP contribution in [-0.4, -0.2) is 40.5 Å². The first kappa shape index (κ1) is 14.7. The van der Waals surface area contributed by atoms with E-state index in [4.69, 9.17) is 0 Å². The van der Waals surface area contributed by atoms with Gasteiger partial charge in [-0.15, -0.1) is 0 Å². The van der Waals surface area contributed by atoms with Gasteiger partial charge in [0.25, 0.3) is 0 Å². The molecule has 5 heteroatoms. The Morgan fingerprint density at radius 2 is 2.17 bits per heavy atom. The Labute approximate surface area is 109 Å². The monoisotopic (exact) mass is 252 g/mol. The maximum Gasteiger partial charge on any atom is 0.221 e. The lowest BCUT2D eigenvalue weighted by Crippen LogP contribution is -2.34. The summed E-state index contributed by atoms with van der Waals surface area (Å²) in [5, 5.41) is 2.66. The number of nitrogens with one attached hydrogen (secondary N) is 1. The summed E-state index contributed by atoms with van der Waals surface area (Å²) in [7, 11) is 3.70. The van der Waals surface area contributed by atoms with Gasteiger partial charge in [0.2, 0.25) is 5.91 Å². The normalized spacial score (nSPS) is 13.1. The maximum atomic E-state index is 11.3. The van der Waals surface area contributed by atoms with Crippen LogP contribution in [0.2, 0.25) is 0 Å². The third kappa shape index (κ3) is 3.84. The molecule has 0 unspecified atom stereocenters. The van der Waals surface area contributed by atoms with Gasteiger partial charge in [0, 0.05) is 38.3 Å². The molecule has 1 N–H and O–H groups in total. The van der Waals surface area contributed by atoms with Crippen LogP contribution in [0.4, 0.5) is 0 Å². The Morgan fingerprint density at radius 3 is 2.72 bits per heavy atom. The van der Waals surface area contributed by atoms with Gasteiger partial charge >= 0.3 is 0 Å². The van der Waals surface area contributed by atoms with Crippen LogP contribution in [0.25, 0.3) is 0 Å². The summed E-state index contributed by atoms with van der Waals surface area (Å²) in [5.41, 5.74) is 1.18. The van der Waals surface area contributed by atoms with Gasteiger partial charge < -0.3 is 9.88 Å². The second-order valence-corrected chi connectivity index (χ2v) is 5.03. The summed E-state index contributed by atoms with van der Waals surface area (Å²) in [6.07, 6.45) is 4.27. The molecule has 0 aliphatic heterocycles. The van der Waals surface area contributed by atoms with E-state index in [1.165, 1.54) is 5.69 Å². The van der Waals surface area contributed by atoms with Crippen molar-refractivity contribution in [1.29, 1.82) is 0 Å². The Bertz CT molecular complexity index is 386. The standard InChI is InChI=1S/C13H24N4O/c1-10(2)17-9-15-7-12(17)8-16(5)11(3)6-13(18)14-4/h7,9-11H,6,8H2,1-5H3,(H,14,18)/t11-/m0/s1. The molecule has 0 aliphatic rings. The van der Waals surface area contributed by atoms with Crippen LogP contribution in [0.5, 0.6) is 0 Å². The van der Waals surface area contributed by atoms with E-state index in [1.54, 1.807) is 7.05 Å². The lowest BCUT2D eigenvalue weighted by atomic mass is 10.2. The minimum Gasteiger partial charge on any atom is -0.359 e. The molecule has 0 spiro atoms. The highest BCUT2D eigenvalue weighted by molar-refractivity contribution is 5.76.